The van der Waals surface area contributed by atoms with E-state index in [1.54, 1.807) is 26.4 Å². The molecule has 0 aliphatic carbocycles. The number of thiazole rings is 1. The van der Waals surface area contributed by atoms with Crippen molar-refractivity contribution in [3.8, 4) is 22.8 Å². The minimum atomic E-state index is -0.444. The van der Waals surface area contributed by atoms with Crippen LogP contribution in [0.5, 0.6) is 11.5 Å². The summed E-state index contributed by atoms with van der Waals surface area (Å²) >= 11 is 18.4. The van der Waals surface area contributed by atoms with E-state index in [1.807, 2.05) is 17.5 Å². The van der Waals surface area contributed by atoms with E-state index in [4.69, 9.17) is 44.9 Å². The molecule has 0 saturated carbocycles. The van der Waals surface area contributed by atoms with E-state index in [0.29, 0.717) is 21.7 Å². The van der Waals surface area contributed by atoms with Crippen molar-refractivity contribution in [2.45, 2.75) is 0 Å². The molecule has 10 heteroatoms. The van der Waals surface area contributed by atoms with Gasteiger partial charge in [-0.25, -0.2) is 4.98 Å². The van der Waals surface area contributed by atoms with Gasteiger partial charge in [0.05, 0.1) is 30.5 Å². The molecule has 2 N–H and O–H groups in total. The largest absolute Gasteiger partial charge is 0.493 e. The standard InChI is InChI=1S/C19H15Cl2N3O3S2/c1-26-15-6-3-10(7-16(15)27-2)14-9-29-19(22-14)24-18(28)23-17(25)12-5-4-11(20)8-13(12)21/h3-9H,1-2H3,(H2,22,23,24,25,28). The molecule has 150 valence electrons. The second-order valence-corrected chi connectivity index (χ2v) is 7.75. The third kappa shape index (κ3) is 5.16. The van der Waals surface area contributed by atoms with Gasteiger partial charge < -0.3 is 14.8 Å². The third-order valence-electron chi connectivity index (χ3n) is 3.81. The van der Waals surface area contributed by atoms with Gasteiger partial charge in [0.15, 0.2) is 21.7 Å². The van der Waals surface area contributed by atoms with Crippen LogP contribution in [0, 0.1) is 0 Å². The van der Waals surface area contributed by atoms with Crippen molar-refractivity contribution in [2.75, 3.05) is 19.5 Å². The lowest BCUT2D eigenvalue weighted by atomic mass is 10.1. The Balaban J connectivity index is 1.68. The summed E-state index contributed by atoms with van der Waals surface area (Å²) in [5.74, 6) is 0.797. The summed E-state index contributed by atoms with van der Waals surface area (Å²) in [5, 5.41) is 8.65. The quantitative estimate of drug-likeness (QED) is 0.498. The van der Waals surface area contributed by atoms with E-state index < -0.39 is 5.91 Å². The van der Waals surface area contributed by atoms with Crippen LogP contribution in [0.2, 0.25) is 10.0 Å². The lowest BCUT2D eigenvalue weighted by Gasteiger charge is -2.09. The van der Waals surface area contributed by atoms with Gasteiger partial charge in [0, 0.05) is 16.0 Å². The average Bonchev–Trinajstić information content (AvgIpc) is 3.15. The molecule has 0 radical (unpaired) electrons. The van der Waals surface area contributed by atoms with E-state index in [9.17, 15) is 4.79 Å². The Labute approximate surface area is 186 Å². The second kappa shape index (κ2) is 9.41. The van der Waals surface area contributed by atoms with Crippen LogP contribution in [-0.4, -0.2) is 30.2 Å². The smallest absolute Gasteiger partial charge is 0.258 e. The van der Waals surface area contributed by atoms with Crippen molar-refractivity contribution in [3.05, 3.63) is 57.4 Å². The number of rotatable bonds is 5. The highest BCUT2D eigenvalue weighted by Gasteiger charge is 2.14. The molecular formula is C19H15Cl2N3O3S2. The number of hydrogen-bond acceptors (Lipinski definition) is 6. The first-order chi connectivity index (χ1) is 13.9. The number of halogens is 2. The number of nitrogens with one attached hydrogen (secondary N) is 2. The fraction of sp³-hybridized carbons (Fsp3) is 0.105. The lowest BCUT2D eigenvalue weighted by molar-refractivity contribution is 0.0978. The summed E-state index contributed by atoms with van der Waals surface area (Å²) in [5.41, 5.74) is 1.86. The van der Waals surface area contributed by atoms with Gasteiger partial charge in [0.25, 0.3) is 5.91 Å². The van der Waals surface area contributed by atoms with Crippen LogP contribution in [0.15, 0.2) is 41.8 Å². The molecule has 2 aromatic carbocycles. The maximum Gasteiger partial charge on any atom is 0.258 e. The van der Waals surface area contributed by atoms with Crippen molar-refractivity contribution in [3.63, 3.8) is 0 Å². The van der Waals surface area contributed by atoms with E-state index in [1.165, 1.54) is 23.5 Å². The Bertz CT molecular complexity index is 1070. The number of aromatic nitrogens is 1. The van der Waals surface area contributed by atoms with Crippen molar-refractivity contribution < 1.29 is 14.3 Å². The predicted molar refractivity (Wildman–Crippen MR) is 121 cm³/mol. The topological polar surface area (TPSA) is 72.5 Å². The monoisotopic (exact) mass is 467 g/mol. The van der Waals surface area contributed by atoms with E-state index in [2.05, 4.69) is 15.6 Å². The van der Waals surface area contributed by atoms with Gasteiger partial charge in [-0.1, -0.05) is 23.2 Å². The minimum Gasteiger partial charge on any atom is -0.493 e. The molecule has 3 rings (SSSR count). The molecule has 1 amide bonds. The zero-order valence-electron chi connectivity index (χ0n) is 15.3. The first-order valence-electron chi connectivity index (χ1n) is 8.16. The number of nitrogens with zero attached hydrogens (tertiary/aromatic N) is 1. The molecular weight excluding hydrogens is 453 g/mol. The van der Waals surface area contributed by atoms with Crippen LogP contribution in [0.1, 0.15) is 10.4 Å². The van der Waals surface area contributed by atoms with Crippen molar-refractivity contribution in [2.24, 2.45) is 0 Å². The molecule has 0 aliphatic rings. The van der Waals surface area contributed by atoms with Crippen LogP contribution < -0.4 is 20.1 Å². The Kier molecular flexibility index (Phi) is 6.92. The van der Waals surface area contributed by atoms with Gasteiger partial charge in [-0.3, -0.25) is 10.1 Å². The molecule has 0 saturated heterocycles. The first kappa shape index (κ1) is 21.3. The number of ether oxygens (including phenoxy) is 2. The van der Waals surface area contributed by atoms with Crippen LogP contribution >= 0.6 is 46.8 Å². The molecule has 6 nitrogen and oxygen atoms in total. The molecule has 0 atom stereocenters. The van der Waals surface area contributed by atoms with Gasteiger partial charge in [-0.15, -0.1) is 11.3 Å². The van der Waals surface area contributed by atoms with E-state index >= 15 is 0 Å². The highest BCUT2D eigenvalue weighted by Crippen LogP contribution is 2.33. The first-order valence-corrected chi connectivity index (χ1v) is 10.2. The fourth-order valence-corrected chi connectivity index (χ4v) is 3.90. The Hall–Kier alpha value is -2.39. The van der Waals surface area contributed by atoms with E-state index in [0.717, 1.165) is 11.3 Å². The van der Waals surface area contributed by atoms with Crippen LogP contribution in [-0.2, 0) is 0 Å². The number of thiocarbonyl (C=S) groups is 1. The lowest BCUT2D eigenvalue weighted by Crippen LogP contribution is -2.34. The number of carbonyl (C=O) groups excluding carboxylic acids is 1. The molecule has 1 aromatic heterocycles. The molecule has 0 unspecified atom stereocenters. The molecule has 1 heterocycles. The van der Waals surface area contributed by atoms with Crippen LogP contribution in [0.4, 0.5) is 5.13 Å². The Morgan fingerprint density at radius 1 is 1.10 bits per heavy atom. The van der Waals surface area contributed by atoms with E-state index in [-0.39, 0.29) is 15.7 Å². The molecule has 0 aliphatic heterocycles. The second-order valence-electron chi connectivity index (χ2n) is 5.64. The number of anilines is 1. The molecule has 29 heavy (non-hydrogen) atoms. The SMILES string of the molecule is COc1ccc(-c2csc(NC(=S)NC(=O)c3ccc(Cl)cc3Cl)n2)cc1OC. The van der Waals surface area contributed by atoms with Gasteiger partial charge in [-0.2, -0.15) is 0 Å². The summed E-state index contributed by atoms with van der Waals surface area (Å²) < 4.78 is 10.6. The molecule has 3 aromatic rings. The van der Waals surface area contributed by atoms with Crippen molar-refractivity contribution in [1.82, 2.24) is 10.3 Å². The van der Waals surface area contributed by atoms with Crippen LogP contribution in [0.25, 0.3) is 11.3 Å². The number of hydrogen-bond donors (Lipinski definition) is 2. The predicted octanol–water partition coefficient (Wildman–Crippen LogP) is 5.26. The van der Waals surface area contributed by atoms with Gasteiger partial charge in [-0.05, 0) is 48.6 Å². The van der Waals surface area contributed by atoms with Gasteiger partial charge in [0.1, 0.15) is 0 Å². The normalized spacial score (nSPS) is 10.3. The van der Waals surface area contributed by atoms with Crippen LogP contribution in [0.3, 0.4) is 0 Å². The summed E-state index contributed by atoms with van der Waals surface area (Å²) in [7, 11) is 3.15. The zero-order valence-corrected chi connectivity index (χ0v) is 18.4. The molecule has 0 fully saturated rings. The Morgan fingerprint density at radius 3 is 2.55 bits per heavy atom. The van der Waals surface area contributed by atoms with Gasteiger partial charge in [0.2, 0.25) is 0 Å². The van der Waals surface area contributed by atoms with Gasteiger partial charge >= 0.3 is 0 Å². The minimum absolute atomic E-state index is 0.106. The molecule has 0 spiro atoms. The van der Waals surface area contributed by atoms with Crippen molar-refractivity contribution >= 4 is 62.9 Å². The highest BCUT2D eigenvalue weighted by molar-refractivity contribution is 7.80. The third-order valence-corrected chi connectivity index (χ3v) is 5.32. The maximum absolute atomic E-state index is 12.3. The summed E-state index contributed by atoms with van der Waals surface area (Å²) in [4.78, 5) is 16.8. The Morgan fingerprint density at radius 2 is 1.86 bits per heavy atom. The number of methoxy groups -OCH3 is 2. The number of benzene rings is 2. The zero-order chi connectivity index (χ0) is 21.0. The average molecular weight is 468 g/mol. The fourth-order valence-electron chi connectivity index (χ4n) is 2.43. The number of amides is 1. The molecule has 0 bridgehead atoms. The summed E-state index contributed by atoms with van der Waals surface area (Å²) in [6, 6.07) is 10.1. The summed E-state index contributed by atoms with van der Waals surface area (Å²) in [6.07, 6.45) is 0. The number of carbonyl (C=O) groups is 1. The maximum atomic E-state index is 12.3. The highest BCUT2D eigenvalue weighted by atomic mass is 35.5. The summed E-state index contributed by atoms with van der Waals surface area (Å²) in [6.45, 7) is 0. The van der Waals surface area contributed by atoms with Crippen molar-refractivity contribution in [1.29, 1.82) is 0 Å².